The molecule has 6 nitrogen and oxygen atoms in total. The lowest BCUT2D eigenvalue weighted by molar-refractivity contribution is -0.133. The molecule has 0 saturated carbocycles. The van der Waals surface area contributed by atoms with Crippen molar-refractivity contribution < 1.29 is 19.8 Å². The van der Waals surface area contributed by atoms with Crippen molar-refractivity contribution in [2.75, 3.05) is 24.5 Å². The minimum Gasteiger partial charge on any atom is -0.390 e. The van der Waals surface area contributed by atoms with Gasteiger partial charge in [-0.05, 0) is 23.5 Å². The number of nitrogens with zero attached hydrogens (tertiary/aromatic N) is 2. The number of aliphatic hydroxyl groups excluding tert-OH is 2. The Kier molecular flexibility index (Phi) is 4.36. The first kappa shape index (κ1) is 16.9. The Morgan fingerprint density at radius 1 is 1.25 bits per heavy atom. The molecule has 130 valence electrons. The van der Waals surface area contributed by atoms with Crippen molar-refractivity contribution in [1.82, 2.24) is 4.90 Å². The highest BCUT2D eigenvalue weighted by atomic mass is 16.3. The van der Waals surface area contributed by atoms with Gasteiger partial charge < -0.3 is 20.0 Å². The largest absolute Gasteiger partial charge is 0.390 e. The summed E-state index contributed by atoms with van der Waals surface area (Å²) in [6, 6.07) is 7.47. The number of para-hydroxylation sites is 1. The topological polar surface area (TPSA) is 81.1 Å². The molecule has 0 aliphatic carbocycles. The summed E-state index contributed by atoms with van der Waals surface area (Å²) in [5.41, 5.74) is 1.42. The molecule has 0 radical (unpaired) electrons. The number of carbonyl (C=O) groups is 2. The second-order valence-corrected chi connectivity index (χ2v) is 7.56. The molecular formula is C18H24N2O4. The number of β-amino-alcohol motifs (C(OH)–C–C–N with tert-alkyl or cyclic N) is 1. The first-order valence-electron chi connectivity index (χ1n) is 8.29. The summed E-state index contributed by atoms with van der Waals surface area (Å²) in [5.74, 6) is -0.291. The first-order valence-corrected chi connectivity index (χ1v) is 8.29. The van der Waals surface area contributed by atoms with Gasteiger partial charge in [0.25, 0.3) is 0 Å². The number of anilines is 1. The zero-order valence-corrected chi connectivity index (χ0v) is 14.1. The Hall–Kier alpha value is -1.92. The zero-order chi connectivity index (χ0) is 17.5. The number of hydrogen-bond donors (Lipinski definition) is 2. The Labute approximate surface area is 141 Å². The molecule has 2 N–H and O–H groups in total. The fraction of sp³-hybridized carbons (Fsp3) is 0.556. The van der Waals surface area contributed by atoms with Crippen molar-refractivity contribution in [1.29, 1.82) is 0 Å². The van der Waals surface area contributed by atoms with Gasteiger partial charge in [0.2, 0.25) is 11.8 Å². The van der Waals surface area contributed by atoms with Gasteiger partial charge in [0.1, 0.15) is 6.54 Å². The molecule has 3 rings (SSSR count). The van der Waals surface area contributed by atoms with Crippen LogP contribution in [-0.2, 0) is 16.0 Å². The van der Waals surface area contributed by atoms with Crippen LogP contribution in [0.25, 0.3) is 0 Å². The molecule has 0 spiro atoms. The number of hydrogen-bond acceptors (Lipinski definition) is 4. The summed E-state index contributed by atoms with van der Waals surface area (Å²) in [7, 11) is 0. The average Bonchev–Trinajstić information content (AvgIpc) is 2.76. The number of likely N-dealkylation sites (tertiary alicyclic amines) is 1. The van der Waals surface area contributed by atoms with E-state index in [0.29, 0.717) is 19.4 Å². The normalized spacial score (nSPS) is 26.2. The van der Waals surface area contributed by atoms with Crippen LogP contribution in [0.1, 0.15) is 25.8 Å². The zero-order valence-electron chi connectivity index (χ0n) is 14.1. The summed E-state index contributed by atoms with van der Waals surface area (Å²) < 4.78 is 0. The molecular weight excluding hydrogens is 308 g/mol. The van der Waals surface area contributed by atoms with Crippen molar-refractivity contribution in [2.24, 2.45) is 5.41 Å². The van der Waals surface area contributed by atoms with Gasteiger partial charge in [-0.15, -0.1) is 0 Å². The molecule has 2 aliphatic heterocycles. The van der Waals surface area contributed by atoms with E-state index in [1.165, 1.54) is 4.90 Å². The van der Waals surface area contributed by atoms with Crippen molar-refractivity contribution in [3.05, 3.63) is 29.8 Å². The molecule has 2 atom stereocenters. The molecule has 1 aromatic rings. The molecule has 1 aromatic carbocycles. The molecule has 1 saturated heterocycles. The first-order chi connectivity index (χ1) is 11.3. The number of carbonyl (C=O) groups excluding carboxylic acids is 2. The minimum atomic E-state index is -0.961. The smallest absolute Gasteiger partial charge is 0.242 e. The maximum atomic E-state index is 12.7. The van der Waals surface area contributed by atoms with Crippen LogP contribution in [-0.4, -0.2) is 58.8 Å². The summed E-state index contributed by atoms with van der Waals surface area (Å²) in [4.78, 5) is 28.0. The molecule has 0 aromatic heterocycles. The maximum absolute atomic E-state index is 12.7. The second kappa shape index (κ2) is 6.18. The molecule has 1 fully saturated rings. The van der Waals surface area contributed by atoms with E-state index in [1.807, 2.05) is 38.1 Å². The number of rotatable bonds is 2. The van der Waals surface area contributed by atoms with Gasteiger partial charge in [0.05, 0.1) is 18.6 Å². The van der Waals surface area contributed by atoms with Crippen LogP contribution in [0.4, 0.5) is 5.69 Å². The van der Waals surface area contributed by atoms with E-state index < -0.39 is 12.2 Å². The maximum Gasteiger partial charge on any atom is 0.242 e. The molecule has 6 heteroatoms. The summed E-state index contributed by atoms with van der Waals surface area (Å²) in [5, 5.41) is 20.1. The summed E-state index contributed by atoms with van der Waals surface area (Å²) in [6.45, 7) is 4.43. The van der Waals surface area contributed by atoms with Crippen LogP contribution in [0.5, 0.6) is 0 Å². The van der Waals surface area contributed by atoms with E-state index in [2.05, 4.69) is 0 Å². The number of benzene rings is 1. The van der Waals surface area contributed by atoms with E-state index >= 15 is 0 Å². The van der Waals surface area contributed by atoms with Gasteiger partial charge in [0, 0.05) is 18.8 Å². The fourth-order valence-corrected chi connectivity index (χ4v) is 3.61. The van der Waals surface area contributed by atoms with E-state index in [-0.39, 0.29) is 30.3 Å². The average molecular weight is 332 g/mol. The van der Waals surface area contributed by atoms with E-state index in [1.54, 1.807) is 4.90 Å². The van der Waals surface area contributed by atoms with Gasteiger partial charge >= 0.3 is 0 Å². The second-order valence-electron chi connectivity index (χ2n) is 7.56. The van der Waals surface area contributed by atoms with Gasteiger partial charge in [0.15, 0.2) is 0 Å². The highest BCUT2D eigenvalue weighted by Gasteiger charge is 2.37. The van der Waals surface area contributed by atoms with Crippen LogP contribution in [0, 0.1) is 5.41 Å². The Morgan fingerprint density at radius 3 is 2.71 bits per heavy atom. The lowest BCUT2D eigenvalue weighted by Gasteiger charge is -2.31. The van der Waals surface area contributed by atoms with Gasteiger partial charge in [-0.2, -0.15) is 0 Å². The lowest BCUT2D eigenvalue weighted by Crippen LogP contribution is -2.46. The Bertz CT molecular complexity index is 658. The van der Waals surface area contributed by atoms with Crippen molar-refractivity contribution >= 4 is 17.5 Å². The highest BCUT2D eigenvalue weighted by Crippen LogP contribution is 2.30. The third kappa shape index (κ3) is 3.30. The summed E-state index contributed by atoms with van der Waals surface area (Å²) >= 11 is 0. The molecule has 2 aliphatic rings. The van der Waals surface area contributed by atoms with Crippen molar-refractivity contribution in [3.8, 4) is 0 Å². The van der Waals surface area contributed by atoms with E-state index in [9.17, 15) is 19.8 Å². The molecule has 24 heavy (non-hydrogen) atoms. The standard InChI is InChI=1S/C18H24N2O4/c1-18(2)8-14(21)15(22)9-19(11-18)17(24)10-20-13-6-4-3-5-12(13)7-16(20)23/h3-6,14-15,21-22H,7-11H2,1-2H3/t14-,15+/m1/s1. The number of fused-ring (bicyclic) bond motifs is 1. The van der Waals surface area contributed by atoms with Crippen LogP contribution >= 0.6 is 0 Å². The van der Waals surface area contributed by atoms with Gasteiger partial charge in [-0.1, -0.05) is 32.0 Å². The Morgan fingerprint density at radius 2 is 1.96 bits per heavy atom. The quantitative estimate of drug-likeness (QED) is 0.829. The third-order valence-electron chi connectivity index (χ3n) is 4.80. The SMILES string of the molecule is CC1(C)C[C@@H](O)[C@@H](O)CN(C(=O)CN2C(=O)Cc3ccccc32)C1. The third-order valence-corrected chi connectivity index (χ3v) is 4.80. The molecule has 2 heterocycles. The molecule has 0 bridgehead atoms. The van der Waals surface area contributed by atoms with Gasteiger partial charge in [-0.3, -0.25) is 9.59 Å². The van der Waals surface area contributed by atoms with Crippen LogP contribution in [0.15, 0.2) is 24.3 Å². The summed E-state index contributed by atoms with van der Waals surface area (Å²) in [6.07, 6.45) is -1.05. The van der Waals surface area contributed by atoms with Crippen molar-refractivity contribution in [2.45, 2.75) is 38.9 Å². The van der Waals surface area contributed by atoms with Gasteiger partial charge in [-0.25, -0.2) is 0 Å². The minimum absolute atomic E-state index is 0.0330. The van der Waals surface area contributed by atoms with E-state index in [4.69, 9.17) is 0 Å². The molecule has 0 unspecified atom stereocenters. The predicted octanol–water partition coefficient (Wildman–Crippen LogP) is 0.556. The predicted molar refractivity (Wildman–Crippen MR) is 89.5 cm³/mol. The fourth-order valence-electron chi connectivity index (χ4n) is 3.61. The lowest BCUT2D eigenvalue weighted by atomic mass is 9.86. The number of amides is 2. The Balaban J connectivity index is 1.76. The van der Waals surface area contributed by atoms with Crippen molar-refractivity contribution in [3.63, 3.8) is 0 Å². The van der Waals surface area contributed by atoms with Crippen LogP contribution in [0.3, 0.4) is 0 Å². The van der Waals surface area contributed by atoms with Crippen LogP contribution < -0.4 is 4.90 Å². The van der Waals surface area contributed by atoms with E-state index in [0.717, 1.165) is 11.3 Å². The number of aliphatic hydroxyl groups is 2. The van der Waals surface area contributed by atoms with Crippen LogP contribution in [0.2, 0.25) is 0 Å². The molecule has 2 amide bonds. The monoisotopic (exact) mass is 332 g/mol. The highest BCUT2D eigenvalue weighted by molar-refractivity contribution is 6.04.